The molecule has 0 unspecified atom stereocenters. The summed E-state index contributed by atoms with van der Waals surface area (Å²) in [7, 11) is 0. The van der Waals surface area contributed by atoms with E-state index in [-0.39, 0.29) is 17.4 Å². The van der Waals surface area contributed by atoms with Gasteiger partial charge in [0.25, 0.3) is 5.56 Å². The number of benzene rings is 1. The Bertz CT molecular complexity index is 1020. The first-order chi connectivity index (χ1) is 16.2. The molecule has 1 amide bonds. The number of likely N-dealkylation sites (tertiary alicyclic amines) is 2. The number of carbonyl (C=O) groups is 1. The Morgan fingerprint density at radius 3 is 2.70 bits per heavy atom. The van der Waals surface area contributed by atoms with Crippen molar-refractivity contribution in [3.8, 4) is 0 Å². The second-order valence-electron chi connectivity index (χ2n) is 10.0. The molecule has 6 heteroatoms. The first-order valence-electron chi connectivity index (χ1n) is 12.8. The maximum absolute atomic E-state index is 13.3. The lowest BCUT2D eigenvalue weighted by molar-refractivity contribution is -0.135. The minimum Gasteiger partial charge on any atom is -0.338 e. The molecule has 0 N–H and O–H groups in total. The van der Waals surface area contributed by atoms with Gasteiger partial charge in [-0.05, 0) is 57.1 Å². The summed E-state index contributed by atoms with van der Waals surface area (Å²) in [5.74, 6) is 1.47. The Hall–Kier alpha value is -2.47. The number of aryl methyl sites for hydroxylation is 1. The summed E-state index contributed by atoms with van der Waals surface area (Å²) in [6, 6.07) is 12.6. The molecule has 3 aliphatic heterocycles. The predicted molar refractivity (Wildman–Crippen MR) is 129 cm³/mol. The minimum absolute atomic E-state index is 0.100. The van der Waals surface area contributed by atoms with Gasteiger partial charge < -0.3 is 4.90 Å². The highest BCUT2D eigenvalue weighted by molar-refractivity contribution is 5.78. The lowest BCUT2D eigenvalue weighted by Crippen LogP contribution is -2.48. The lowest BCUT2D eigenvalue weighted by atomic mass is 9.95. The molecular formula is C27H36N4O2. The Labute approximate surface area is 196 Å². The van der Waals surface area contributed by atoms with Crippen LogP contribution in [0.5, 0.6) is 0 Å². The van der Waals surface area contributed by atoms with E-state index in [1.165, 1.54) is 18.4 Å². The number of aromatic nitrogens is 2. The highest BCUT2D eigenvalue weighted by atomic mass is 16.2. The fourth-order valence-corrected chi connectivity index (χ4v) is 5.87. The molecule has 0 aliphatic carbocycles. The van der Waals surface area contributed by atoms with Crippen molar-refractivity contribution in [2.24, 2.45) is 0 Å². The number of fused-ring (bicyclic) bond motifs is 1. The van der Waals surface area contributed by atoms with Crippen LogP contribution in [0.2, 0.25) is 0 Å². The van der Waals surface area contributed by atoms with Gasteiger partial charge in [0.15, 0.2) is 0 Å². The second-order valence-corrected chi connectivity index (χ2v) is 10.0. The van der Waals surface area contributed by atoms with Crippen LogP contribution in [-0.4, -0.2) is 57.5 Å². The van der Waals surface area contributed by atoms with Crippen molar-refractivity contribution in [3.63, 3.8) is 0 Å². The number of hydrogen-bond donors (Lipinski definition) is 0. The molecule has 176 valence electrons. The van der Waals surface area contributed by atoms with Gasteiger partial charge in [0.05, 0.1) is 12.2 Å². The van der Waals surface area contributed by atoms with Crippen LogP contribution in [0.1, 0.15) is 67.9 Å². The standard InChI is InChI=1S/C27H36N4O2/c32-26-18-24(28-25-12-5-2-7-15-31(25)26)22-13-16-29(19-22)20-27(33)30-14-8-6-11-23(30)17-21-9-3-1-4-10-21/h1,3-4,9-10,18,22-23H,2,5-8,11-17,19-20H2/t22-,23+/m0/s1. The molecule has 0 bridgehead atoms. The van der Waals surface area contributed by atoms with E-state index in [4.69, 9.17) is 4.98 Å². The van der Waals surface area contributed by atoms with Gasteiger partial charge in [-0.1, -0.05) is 36.8 Å². The average Bonchev–Trinajstić information content (AvgIpc) is 3.15. The molecule has 3 aliphatic rings. The summed E-state index contributed by atoms with van der Waals surface area (Å²) in [5.41, 5.74) is 2.34. The molecule has 33 heavy (non-hydrogen) atoms. The molecule has 1 aromatic heterocycles. The van der Waals surface area contributed by atoms with Crippen LogP contribution in [0.15, 0.2) is 41.2 Å². The summed E-state index contributed by atoms with van der Waals surface area (Å²) in [6.07, 6.45) is 9.54. The van der Waals surface area contributed by atoms with E-state index in [0.29, 0.717) is 12.6 Å². The van der Waals surface area contributed by atoms with E-state index in [0.717, 1.165) is 82.6 Å². The van der Waals surface area contributed by atoms with E-state index in [1.807, 2.05) is 10.6 Å². The number of hydrogen-bond acceptors (Lipinski definition) is 4. The van der Waals surface area contributed by atoms with Crippen LogP contribution in [0, 0.1) is 0 Å². The zero-order valence-corrected chi connectivity index (χ0v) is 19.6. The highest BCUT2D eigenvalue weighted by Crippen LogP contribution is 2.27. The average molecular weight is 449 g/mol. The SMILES string of the molecule is O=C(CN1CC[C@H](c2cc(=O)n3c(n2)CCCCC3)C1)N1CCCC[C@@H]1Cc1ccccc1. The summed E-state index contributed by atoms with van der Waals surface area (Å²) in [4.78, 5) is 35.3. The molecule has 2 atom stereocenters. The van der Waals surface area contributed by atoms with Gasteiger partial charge in [0.1, 0.15) is 5.82 Å². The number of piperidine rings is 1. The van der Waals surface area contributed by atoms with Crippen molar-refractivity contribution in [1.82, 2.24) is 19.4 Å². The first-order valence-corrected chi connectivity index (χ1v) is 12.8. The number of nitrogens with zero attached hydrogens (tertiary/aromatic N) is 4. The number of amides is 1. The van der Waals surface area contributed by atoms with Crippen LogP contribution in [0.4, 0.5) is 0 Å². The zero-order chi connectivity index (χ0) is 22.6. The van der Waals surface area contributed by atoms with Crippen LogP contribution >= 0.6 is 0 Å². The monoisotopic (exact) mass is 448 g/mol. The predicted octanol–water partition coefficient (Wildman–Crippen LogP) is 3.38. The molecule has 0 radical (unpaired) electrons. The minimum atomic E-state index is 0.100. The Morgan fingerprint density at radius 2 is 1.82 bits per heavy atom. The summed E-state index contributed by atoms with van der Waals surface area (Å²) in [6.45, 7) is 3.86. The molecule has 0 saturated carbocycles. The normalized spacial score (nSPS) is 23.8. The van der Waals surface area contributed by atoms with Gasteiger partial charge >= 0.3 is 0 Å². The zero-order valence-electron chi connectivity index (χ0n) is 19.6. The van der Waals surface area contributed by atoms with E-state index in [1.54, 1.807) is 6.07 Å². The fourth-order valence-electron chi connectivity index (χ4n) is 5.87. The topological polar surface area (TPSA) is 58.4 Å². The van der Waals surface area contributed by atoms with Crippen molar-refractivity contribution < 1.29 is 4.79 Å². The van der Waals surface area contributed by atoms with Crippen molar-refractivity contribution in [3.05, 3.63) is 63.8 Å². The molecule has 6 nitrogen and oxygen atoms in total. The molecule has 1 aromatic carbocycles. The van der Waals surface area contributed by atoms with Crippen LogP contribution in [0.25, 0.3) is 0 Å². The third-order valence-corrected chi connectivity index (χ3v) is 7.70. The van der Waals surface area contributed by atoms with E-state index < -0.39 is 0 Å². The van der Waals surface area contributed by atoms with Crippen molar-refractivity contribution in [1.29, 1.82) is 0 Å². The molecule has 2 aromatic rings. The molecular weight excluding hydrogens is 412 g/mol. The number of carbonyl (C=O) groups excluding carboxylic acids is 1. The highest BCUT2D eigenvalue weighted by Gasteiger charge is 2.31. The third kappa shape index (κ3) is 5.21. The van der Waals surface area contributed by atoms with E-state index in [9.17, 15) is 9.59 Å². The largest absolute Gasteiger partial charge is 0.338 e. The maximum Gasteiger partial charge on any atom is 0.253 e. The van der Waals surface area contributed by atoms with E-state index in [2.05, 4.69) is 34.1 Å². The smallest absolute Gasteiger partial charge is 0.253 e. The summed E-state index contributed by atoms with van der Waals surface area (Å²) >= 11 is 0. The summed E-state index contributed by atoms with van der Waals surface area (Å²) in [5, 5.41) is 0. The van der Waals surface area contributed by atoms with Crippen LogP contribution < -0.4 is 5.56 Å². The van der Waals surface area contributed by atoms with E-state index >= 15 is 0 Å². The van der Waals surface area contributed by atoms with Gasteiger partial charge in [0.2, 0.25) is 5.91 Å². The molecule has 4 heterocycles. The maximum atomic E-state index is 13.3. The van der Waals surface area contributed by atoms with Crippen LogP contribution in [-0.2, 0) is 24.2 Å². The van der Waals surface area contributed by atoms with Gasteiger partial charge in [-0.25, -0.2) is 4.98 Å². The quantitative estimate of drug-likeness (QED) is 0.704. The van der Waals surface area contributed by atoms with Crippen molar-refractivity contribution in [2.75, 3.05) is 26.2 Å². The Morgan fingerprint density at radius 1 is 0.970 bits per heavy atom. The Kier molecular flexibility index (Phi) is 6.91. The van der Waals surface area contributed by atoms with Crippen molar-refractivity contribution in [2.45, 2.75) is 76.3 Å². The molecule has 0 spiro atoms. The molecule has 2 saturated heterocycles. The van der Waals surface area contributed by atoms with Gasteiger partial charge in [-0.15, -0.1) is 0 Å². The van der Waals surface area contributed by atoms with Crippen LogP contribution in [0.3, 0.4) is 0 Å². The van der Waals surface area contributed by atoms with Crippen molar-refractivity contribution >= 4 is 5.91 Å². The van der Waals surface area contributed by atoms with Gasteiger partial charge in [0, 0.05) is 44.1 Å². The Balaban J connectivity index is 1.22. The third-order valence-electron chi connectivity index (χ3n) is 7.70. The van der Waals surface area contributed by atoms with Gasteiger partial charge in [-0.2, -0.15) is 0 Å². The molecule has 5 rings (SSSR count). The first kappa shape index (κ1) is 22.3. The summed E-state index contributed by atoms with van der Waals surface area (Å²) < 4.78 is 1.87. The lowest BCUT2D eigenvalue weighted by Gasteiger charge is -2.37. The molecule has 2 fully saturated rings. The second kappa shape index (κ2) is 10.2. The van der Waals surface area contributed by atoms with Gasteiger partial charge in [-0.3, -0.25) is 19.1 Å². The number of rotatable bonds is 5. The fraction of sp³-hybridized carbons (Fsp3) is 0.593.